The summed E-state index contributed by atoms with van der Waals surface area (Å²) in [6.07, 6.45) is 2.95. The van der Waals surface area contributed by atoms with Crippen molar-refractivity contribution in [2.45, 2.75) is 6.61 Å². The number of hydrogen-bond donors (Lipinski definition) is 0. The number of halogens is 1. The Morgan fingerprint density at radius 2 is 2.17 bits per heavy atom. The largest absolute Gasteiger partial charge is 0.456 e. The zero-order chi connectivity index (χ0) is 16.1. The molecule has 3 rings (SSSR count). The molecule has 3 aromatic rings. The van der Waals surface area contributed by atoms with Crippen LogP contribution in [0.1, 0.15) is 11.3 Å². The van der Waals surface area contributed by atoms with Gasteiger partial charge >= 0.3 is 5.97 Å². The third kappa shape index (κ3) is 4.09. The smallest absolute Gasteiger partial charge is 0.331 e. The SMILES string of the molecule is O=C(/C=C/c1ccccc1Cl)OCc1cc(-c2cccs2)on1. The van der Waals surface area contributed by atoms with E-state index < -0.39 is 5.97 Å². The number of thiophene rings is 1. The Bertz CT molecular complexity index is 824. The molecule has 1 aromatic carbocycles. The van der Waals surface area contributed by atoms with Crippen molar-refractivity contribution in [3.05, 3.63) is 70.2 Å². The zero-order valence-corrected chi connectivity index (χ0v) is 13.5. The fourth-order valence-corrected chi connectivity index (χ4v) is 2.75. The van der Waals surface area contributed by atoms with E-state index in [0.29, 0.717) is 16.5 Å². The number of benzene rings is 1. The molecule has 0 saturated carbocycles. The maximum Gasteiger partial charge on any atom is 0.331 e. The lowest BCUT2D eigenvalue weighted by Crippen LogP contribution is -2.00. The highest BCUT2D eigenvalue weighted by atomic mass is 35.5. The lowest BCUT2D eigenvalue weighted by molar-refractivity contribution is -0.139. The summed E-state index contributed by atoms with van der Waals surface area (Å²) in [7, 11) is 0. The molecule has 116 valence electrons. The summed E-state index contributed by atoms with van der Waals surface area (Å²) < 4.78 is 10.4. The van der Waals surface area contributed by atoms with Crippen molar-refractivity contribution in [1.29, 1.82) is 0 Å². The van der Waals surface area contributed by atoms with Crippen LogP contribution in [0.2, 0.25) is 5.02 Å². The van der Waals surface area contributed by atoms with Crippen LogP contribution in [0.25, 0.3) is 16.7 Å². The molecule has 0 amide bonds. The first kappa shape index (κ1) is 15.5. The van der Waals surface area contributed by atoms with E-state index in [1.807, 2.05) is 35.7 Å². The molecule has 2 aromatic heterocycles. The number of rotatable bonds is 5. The van der Waals surface area contributed by atoms with Crippen LogP contribution in [0.3, 0.4) is 0 Å². The predicted molar refractivity (Wildman–Crippen MR) is 90.1 cm³/mol. The van der Waals surface area contributed by atoms with Gasteiger partial charge in [0.1, 0.15) is 12.3 Å². The lowest BCUT2D eigenvalue weighted by atomic mass is 10.2. The minimum Gasteiger partial charge on any atom is -0.456 e. The van der Waals surface area contributed by atoms with Crippen LogP contribution in [-0.4, -0.2) is 11.1 Å². The van der Waals surface area contributed by atoms with Crippen molar-refractivity contribution < 1.29 is 14.1 Å². The Labute approximate surface area is 141 Å². The van der Waals surface area contributed by atoms with Crippen LogP contribution in [0.5, 0.6) is 0 Å². The molecule has 0 saturated heterocycles. The number of carbonyl (C=O) groups excluding carboxylic acids is 1. The highest BCUT2D eigenvalue weighted by Gasteiger charge is 2.09. The molecular weight excluding hydrogens is 334 g/mol. The van der Waals surface area contributed by atoms with Gasteiger partial charge in [0.05, 0.1) is 4.88 Å². The highest BCUT2D eigenvalue weighted by Crippen LogP contribution is 2.25. The molecule has 0 aliphatic rings. The summed E-state index contributed by atoms with van der Waals surface area (Å²) >= 11 is 7.56. The number of ether oxygens (including phenoxy) is 1. The van der Waals surface area contributed by atoms with Gasteiger partial charge in [-0.25, -0.2) is 4.79 Å². The standard InChI is InChI=1S/C17H12ClNO3S/c18-14-5-2-1-4-12(14)7-8-17(20)21-11-13-10-15(22-19-13)16-6-3-9-23-16/h1-10H,11H2/b8-7+. The van der Waals surface area contributed by atoms with E-state index in [1.165, 1.54) is 6.08 Å². The average Bonchev–Trinajstić information content (AvgIpc) is 3.23. The highest BCUT2D eigenvalue weighted by molar-refractivity contribution is 7.13. The molecule has 0 aliphatic carbocycles. The lowest BCUT2D eigenvalue weighted by Gasteiger charge is -1.98. The second-order valence-electron chi connectivity index (χ2n) is 4.62. The number of aromatic nitrogens is 1. The van der Waals surface area contributed by atoms with Crippen LogP contribution >= 0.6 is 22.9 Å². The first-order valence-electron chi connectivity index (χ1n) is 6.81. The summed E-state index contributed by atoms with van der Waals surface area (Å²) in [5.74, 6) is 0.197. The topological polar surface area (TPSA) is 52.3 Å². The van der Waals surface area contributed by atoms with Gasteiger partial charge in [0, 0.05) is 17.2 Å². The minimum atomic E-state index is -0.467. The minimum absolute atomic E-state index is 0.0561. The van der Waals surface area contributed by atoms with Crippen molar-refractivity contribution in [3.63, 3.8) is 0 Å². The summed E-state index contributed by atoms with van der Waals surface area (Å²) in [6, 6.07) is 12.9. The van der Waals surface area contributed by atoms with Crippen molar-refractivity contribution >= 4 is 35.0 Å². The Hall–Kier alpha value is -2.37. The van der Waals surface area contributed by atoms with Gasteiger partial charge in [-0.1, -0.05) is 41.0 Å². The first-order chi connectivity index (χ1) is 11.2. The third-order valence-corrected chi connectivity index (χ3v) is 4.22. The Morgan fingerprint density at radius 3 is 2.96 bits per heavy atom. The Kier molecular flexibility index (Phi) is 4.90. The third-order valence-electron chi connectivity index (χ3n) is 2.99. The van der Waals surface area contributed by atoms with E-state index in [4.69, 9.17) is 20.9 Å². The van der Waals surface area contributed by atoms with Gasteiger partial charge in [0.15, 0.2) is 5.76 Å². The zero-order valence-electron chi connectivity index (χ0n) is 11.9. The molecule has 0 N–H and O–H groups in total. The van der Waals surface area contributed by atoms with Crippen LogP contribution in [-0.2, 0) is 16.1 Å². The maximum atomic E-state index is 11.7. The van der Waals surface area contributed by atoms with Gasteiger partial charge < -0.3 is 9.26 Å². The predicted octanol–water partition coefficient (Wildman–Crippen LogP) is 4.81. The second kappa shape index (κ2) is 7.26. The molecule has 0 fully saturated rings. The first-order valence-corrected chi connectivity index (χ1v) is 8.07. The number of carbonyl (C=O) groups is 1. The quantitative estimate of drug-likeness (QED) is 0.491. The average molecular weight is 346 g/mol. The maximum absolute atomic E-state index is 11.7. The number of nitrogens with zero attached hydrogens (tertiary/aromatic N) is 1. The molecule has 23 heavy (non-hydrogen) atoms. The number of esters is 1. The fourth-order valence-electron chi connectivity index (χ4n) is 1.88. The molecule has 0 unspecified atom stereocenters. The molecular formula is C17H12ClNO3S. The Morgan fingerprint density at radius 1 is 1.30 bits per heavy atom. The Balaban J connectivity index is 1.56. The molecule has 0 aliphatic heterocycles. The second-order valence-corrected chi connectivity index (χ2v) is 5.98. The molecule has 2 heterocycles. The van der Waals surface area contributed by atoms with Crippen LogP contribution in [0.4, 0.5) is 0 Å². The van der Waals surface area contributed by atoms with E-state index in [0.717, 1.165) is 10.4 Å². The normalized spacial score (nSPS) is 11.0. The van der Waals surface area contributed by atoms with Gasteiger partial charge in [-0.05, 0) is 29.2 Å². The van der Waals surface area contributed by atoms with Gasteiger partial charge in [0.2, 0.25) is 0 Å². The molecule has 0 bridgehead atoms. The molecule has 4 nitrogen and oxygen atoms in total. The van der Waals surface area contributed by atoms with Gasteiger partial charge in [-0.2, -0.15) is 0 Å². The summed E-state index contributed by atoms with van der Waals surface area (Å²) in [5, 5.41) is 6.42. The van der Waals surface area contributed by atoms with Crippen molar-refractivity contribution in [3.8, 4) is 10.6 Å². The summed E-state index contributed by atoms with van der Waals surface area (Å²) in [6.45, 7) is 0.0561. The van der Waals surface area contributed by atoms with Gasteiger partial charge in [0.25, 0.3) is 0 Å². The van der Waals surface area contributed by atoms with Crippen molar-refractivity contribution in [2.24, 2.45) is 0 Å². The number of hydrogen-bond acceptors (Lipinski definition) is 5. The van der Waals surface area contributed by atoms with Crippen LogP contribution in [0.15, 0.2) is 58.4 Å². The van der Waals surface area contributed by atoms with E-state index in [9.17, 15) is 4.79 Å². The van der Waals surface area contributed by atoms with E-state index in [2.05, 4.69) is 5.16 Å². The summed E-state index contributed by atoms with van der Waals surface area (Å²) in [4.78, 5) is 12.7. The van der Waals surface area contributed by atoms with Crippen LogP contribution < -0.4 is 0 Å². The van der Waals surface area contributed by atoms with E-state index >= 15 is 0 Å². The van der Waals surface area contributed by atoms with Gasteiger partial charge in [-0.15, -0.1) is 11.3 Å². The van der Waals surface area contributed by atoms with Crippen LogP contribution in [0, 0.1) is 0 Å². The van der Waals surface area contributed by atoms with E-state index in [-0.39, 0.29) is 6.61 Å². The molecule has 6 heteroatoms. The van der Waals surface area contributed by atoms with E-state index in [1.54, 1.807) is 29.5 Å². The van der Waals surface area contributed by atoms with Crippen molar-refractivity contribution in [2.75, 3.05) is 0 Å². The molecule has 0 atom stereocenters. The monoisotopic (exact) mass is 345 g/mol. The molecule has 0 spiro atoms. The summed E-state index contributed by atoms with van der Waals surface area (Å²) in [5.41, 5.74) is 1.32. The van der Waals surface area contributed by atoms with Gasteiger partial charge in [-0.3, -0.25) is 0 Å². The molecule has 0 radical (unpaired) electrons. The fraction of sp³-hybridized carbons (Fsp3) is 0.0588. The van der Waals surface area contributed by atoms with Crippen molar-refractivity contribution in [1.82, 2.24) is 5.16 Å².